The molecule has 0 aliphatic carbocycles. The molecule has 4 heteroatoms. The minimum atomic E-state index is -0.145. The Morgan fingerprint density at radius 2 is 2.05 bits per heavy atom. The number of carbonyl (C=O) groups is 1. The number of rotatable bonds is 7. The van der Waals surface area contributed by atoms with E-state index in [4.69, 9.17) is 0 Å². The Labute approximate surface area is 121 Å². The standard InChI is InChI=1S/C16H26N2O2/c1-5-16(4,11-19)10-18-14-9-13(8-7-12(14)3)15(20)17-6-2/h7-9,18-19H,5-6,10-11H2,1-4H3,(H,17,20). The molecule has 20 heavy (non-hydrogen) atoms. The van der Waals surface area contributed by atoms with Crippen molar-refractivity contribution < 1.29 is 9.90 Å². The second-order valence-electron chi connectivity index (χ2n) is 5.57. The van der Waals surface area contributed by atoms with E-state index in [0.717, 1.165) is 17.7 Å². The molecule has 1 rings (SSSR count). The molecule has 0 aliphatic heterocycles. The number of benzene rings is 1. The van der Waals surface area contributed by atoms with Crippen molar-refractivity contribution in [3.8, 4) is 0 Å². The highest BCUT2D eigenvalue weighted by molar-refractivity contribution is 5.95. The van der Waals surface area contributed by atoms with Crippen LogP contribution in [0.5, 0.6) is 0 Å². The van der Waals surface area contributed by atoms with Crippen LogP contribution >= 0.6 is 0 Å². The number of nitrogens with one attached hydrogen (secondary N) is 2. The Morgan fingerprint density at radius 3 is 2.60 bits per heavy atom. The highest BCUT2D eigenvalue weighted by Crippen LogP contribution is 2.23. The van der Waals surface area contributed by atoms with Crippen molar-refractivity contribution in [2.75, 3.05) is 25.0 Å². The largest absolute Gasteiger partial charge is 0.396 e. The summed E-state index contributed by atoms with van der Waals surface area (Å²) in [6.45, 7) is 9.46. The van der Waals surface area contributed by atoms with E-state index >= 15 is 0 Å². The zero-order valence-corrected chi connectivity index (χ0v) is 12.9. The monoisotopic (exact) mass is 278 g/mol. The molecule has 1 amide bonds. The second kappa shape index (κ2) is 7.29. The summed E-state index contributed by atoms with van der Waals surface area (Å²) in [7, 11) is 0. The quantitative estimate of drug-likeness (QED) is 0.718. The summed E-state index contributed by atoms with van der Waals surface area (Å²) in [6.07, 6.45) is 0.894. The van der Waals surface area contributed by atoms with Gasteiger partial charge in [0.15, 0.2) is 0 Å². The van der Waals surface area contributed by atoms with Gasteiger partial charge in [-0.3, -0.25) is 4.79 Å². The predicted octanol–water partition coefficient (Wildman–Crippen LogP) is 2.57. The third-order valence-corrected chi connectivity index (χ3v) is 3.78. The van der Waals surface area contributed by atoms with Crippen LogP contribution in [0.3, 0.4) is 0 Å². The molecule has 3 N–H and O–H groups in total. The van der Waals surface area contributed by atoms with Crippen molar-refractivity contribution in [3.63, 3.8) is 0 Å². The van der Waals surface area contributed by atoms with Crippen LogP contribution in [0.2, 0.25) is 0 Å². The first-order valence-corrected chi connectivity index (χ1v) is 7.19. The van der Waals surface area contributed by atoms with Gasteiger partial charge in [0, 0.05) is 29.8 Å². The summed E-state index contributed by atoms with van der Waals surface area (Å²) >= 11 is 0. The normalized spacial score (nSPS) is 13.7. The molecule has 112 valence electrons. The van der Waals surface area contributed by atoms with Crippen LogP contribution in [0.25, 0.3) is 0 Å². The van der Waals surface area contributed by atoms with Gasteiger partial charge < -0.3 is 15.7 Å². The number of amides is 1. The predicted molar refractivity (Wildman–Crippen MR) is 83.2 cm³/mol. The molecule has 0 aliphatic rings. The van der Waals surface area contributed by atoms with Crippen LogP contribution in [-0.2, 0) is 0 Å². The number of hydrogen-bond acceptors (Lipinski definition) is 3. The third-order valence-electron chi connectivity index (χ3n) is 3.78. The zero-order chi connectivity index (χ0) is 15.2. The fraction of sp³-hybridized carbons (Fsp3) is 0.562. The maximum absolute atomic E-state index is 11.8. The minimum absolute atomic E-state index is 0.0593. The molecule has 1 unspecified atom stereocenters. The molecule has 1 aromatic carbocycles. The SMILES string of the molecule is CCNC(=O)c1ccc(C)c(NCC(C)(CC)CO)c1. The Balaban J connectivity index is 2.84. The molecule has 0 fully saturated rings. The van der Waals surface area contributed by atoms with Gasteiger partial charge in [-0.15, -0.1) is 0 Å². The van der Waals surface area contributed by atoms with Gasteiger partial charge in [0.1, 0.15) is 0 Å². The highest BCUT2D eigenvalue weighted by Gasteiger charge is 2.21. The maximum Gasteiger partial charge on any atom is 0.251 e. The molecule has 0 saturated heterocycles. The summed E-state index contributed by atoms with van der Waals surface area (Å²) in [4.78, 5) is 11.8. The van der Waals surface area contributed by atoms with Gasteiger partial charge in [0.2, 0.25) is 0 Å². The van der Waals surface area contributed by atoms with Crippen LogP contribution in [-0.4, -0.2) is 30.7 Å². The third kappa shape index (κ3) is 4.23. The summed E-state index contributed by atoms with van der Waals surface area (Å²) in [5.74, 6) is -0.0593. The maximum atomic E-state index is 11.8. The molecular formula is C16H26N2O2. The number of carbonyl (C=O) groups excluding carboxylic acids is 1. The van der Waals surface area contributed by atoms with Crippen LogP contribution < -0.4 is 10.6 Å². The van der Waals surface area contributed by atoms with Crippen molar-refractivity contribution in [2.45, 2.75) is 34.1 Å². The average molecular weight is 278 g/mol. The summed E-state index contributed by atoms with van der Waals surface area (Å²) in [5.41, 5.74) is 2.55. The van der Waals surface area contributed by atoms with Gasteiger partial charge in [0.25, 0.3) is 5.91 Å². The Morgan fingerprint density at radius 1 is 1.35 bits per heavy atom. The molecule has 0 spiro atoms. The molecule has 0 saturated carbocycles. The Hall–Kier alpha value is -1.55. The Bertz CT molecular complexity index is 454. The van der Waals surface area contributed by atoms with E-state index in [1.54, 1.807) is 0 Å². The molecule has 0 aromatic heterocycles. The minimum Gasteiger partial charge on any atom is -0.396 e. The lowest BCUT2D eigenvalue weighted by atomic mass is 9.88. The lowest BCUT2D eigenvalue weighted by molar-refractivity contribution is 0.0956. The van der Waals surface area contributed by atoms with Gasteiger partial charge in [-0.2, -0.15) is 0 Å². The molecular weight excluding hydrogens is 252 g/mol. The first-order valence-electron chi connectivity index (χ1n) is 7.19. The summed E-state index contributed by atoms with van der Waals surface area (Å²) in [5, 5.41) is 15.6. The van der Waals surface area contributed by atoms with E-state index in [1.807, 2.05) is 39.0 Å². The molecule has 0 bridgehead atoms. The molecule has 4 nitrogen and oxygen atoms in total. The van der Waals surface area contributed by atoms with E-state index < -0.39 is 0 Å². The number of aryl methyl sites for hydroxylation is 1. The molecule has 0 radical (unpaired) electrons. The van der Waals surface area contributed by atoms with E-state index in [2.05, 4.69) is 17.6 Å². The van der Waals surface area contributed by atoms with Crippen molar-refractivity contribution in [2.24, 2.45) is 5.41 Å². The van der Waals surface area contributed by atoms with E-state index in [9.17, 15) is 9.90 Å². The molecule has 0 heterocycles. The molecule has 1 atom stereocenters. The lowest BCUT2D eigenvalue weighted by Crippen LogP contribution is -2.30. The van der Waals surface area contributed by atoms with Gasteiger partial charge in [-0.1, -0.05) is 19.9 Å². The van der Waals surface area contributed by atoms with Crippen molar-refractivity contribution in [3.05, 3.63) is 29.3 Å². The lowest BCUT2D eigenvalue weighted by Gasteiger charge is -2.27. The first kappa shape index (κ1) is 16.5. The van der Waals surface area contributed by atoms with Crippen LogP contribution in [0.15, 0.2) is 18.2 Å². The van der Waals surface area contributed by atoms with Gasteiger partial charge in [-0.05, 0) is 38.0 Å². The Kier molecular flexibility index (Phi) is 6.02. The fourth-order valence-corrected chi connectivity index (χ4v) is 1.82. The number of aliphatic hydroxyl groups is 1. The van der Waals surface area contributed by atoms with Crippen molar-refractivity contribution >= 4 is 11.6 Å². The fourth-order valence-electron chi connectivity index (χ4n) is 1.82. The van der Waals surface area contributed by atoms with Crippen molar-refractivity contribution in [1.29, 1.82) is 0 Å². The van der Waals surface area contributed by atoms with Crippen LogP contribution in [0, 0.1) is 12.3 Å². The van der Waals surface area contributed by atoms with Crippen molar-refractivity contribution in [1.82, 2.24) is 5.32 Å². The zero-order valence-electron chi connectivity index (χ0n) is 12.9. The first-order chi connectivity index (χ1) is 9.45. The second-order valence-corrected chi connectivity index (χ2v) is 5.57. The van der Waals surface area contributed by atoms with E-state index in [0.29, 0.717) is 18.7 Å². The summed E-state index contributed by atoms with van der Waals surface area (Å²) < 4.78 is 0. The van der Waals surface area contributed by atoms with Gasteiger partial charge >= 0.3 is 0 Å². The number of anilines is 1. The van der Waals surface area contributed by atoms with Crippen LogP contribution in [0.1, 0.15) is 43.1 Å². The number of hydrogen-bond donors (Lipinski definition) is 3. The summed E-state index contributed by atoms with van der Waals surface area (Å²) in [6, 6.07) is 5.64. The van der Waals surface area contributed by atoms with E-state index in [-0.39, 0.29) is 17.9 Å². The highest BCUT2D eigenvalue weighted by atomic mass is 16.3. The topological polar surface area (TPSA) is 61.4 Å². The smallest absolute Gasteiger partial charge is 0.251 e. The average Bonchev–Trinajstić information content (AvgIpc) is 2.46. The number of aliphatic hydroxyl groups excluding tert-OH is 1. The van der Waals surface area contributed by atoms with Crippen LogP contribution in [0.4, 0.5) is 5.69 Å². The van der Waals surface area contributed by atoms with Gasteiger partial charge in [-0.25, -0.2) is 0 Å². The van der Waals surface area contributed by atoms with Gasteiger partial charge in [0.05, 0.1) is 6.61 Å². The van der Waals surface area contributed by atoms with E-state index in [1.165, 1.54) is 0 Å². The molecule has 1 aromatic rings.